The molecule has 0 saturated carbocycles. The highest BCUT2D eigenvalue weighted by Crippen LogP contribution is 2.37. The number of methoxy groups -OCH3 is 1. The molecule has 10 heteroatoms. The van der Waals surface area contributed by atoms with Crippen LogP contribution in [0.3, 0.4) is 0 Å². The molecule has 3 heterocycles. The highest BCUT2D eigenvalue weighted by molar-refractivity contribution is 7.18. The number of rotatable bonds is 6. The van der Waals surface area contributed by atoms with Crippen LogP contribution in [0.1, 0.15) is 17.8 Å². The van der Waals surface area contributed by atoms with Crippen LogP contribution in [0.4, 0.5) is 4.39 Å². The lowest BCUT2D eigenvalue weighted by molar-refractivity contribution is -0.118. The van der Waals surface area contributed by atoms with E-state index in [1.165, 1.54) is 11.3 Å². The highest BCUT2D eigenvalue weighted by Gasteiger charge is 2.46. The van der Waals surface area contributed by atoms with Crippen LogP contribution in [0, 0.1) is 17.2 Å². The number of hydrogen-bond acceptors (Lipinski definition) is 8. The van der Waals surface area contributed by atoms with E-state index in [9.17, 15) is 9.18 Å². The van der Waals surface area contributed by atoms with Crippen molar-refractivity contribution in [2.24, 2.45) is 10.9 Å². The van der Waals surface area contributed by atoms with Gasteiger partial charge in [0.1, 0.15) is 11.5 Å². The number of Topliss-reactive ketones (excluding diaryl/α,β-unsaturated/α-hetero) is 1. The third-order valence-electron chi connectivity index (χ3n) is 5.11. The zero-order chi connectivity index (χ0) is 20.3. The van der Waals surface area contributed by atoms with Gasteiger partial charge in [0.15, 0.2) is 10.8 Å². The molecule has 1 aromatic heterocycles. The molecule has 7 nitrogen and oxygen atoms in total. The van der Waals surface area contributed by atoms with Crippen LogP contribution in [0.5, 0.6) is 0 Å². The van der Waals surface area contributed by atoms with Gasteiger partial charge >= 0.3 is 0 Å². The van der Waals surface area contributed by atoms with E-state index in [0.29, 0.717) is 31.1 Å². The van der Waals surface area contributed by atoms with Crippen LogP contribution >= 0.6 is 20.6 Å². The molecule has 0 aliphatic carbocycles. The van der Waals surface area contributed by atoms with E-state index in [4.69, 9.17) is 10.00 Å². The van der Waals surface area contributed by atoms with Crippen molar-refractivity contribution in [1.29, 1.82) is 5.26 Å². The second-order valence-corrected chi connectivity index (χ2v) is 8.97. The second kappa shape index (κ2) is 8.64. The van der Waals surface area contributed by atoms with Crippen molar-refractivity contribution in [2.45, 2.75) is 30.3 Å². The fourth-order valence-electron chi connectivity index (χ4n) is 3.76. The van der Waals surface area contributed by atoms with Crippen LogP contribution in [-0.4, -0.2) is 65.7 Å². The maximum Gasteiger partial charge on any atom is 0.249 e. The van der Waals surface area contributed by atoms with Gasteiger partial charge < -0.3 is 10.1 Å². The van der Waals surface area contributed by atoms with Gasteiger partial charge in [-0.25, -0.2) is 9.37 Å². The van der Waals surface area contributed by atoms with E-state index < -0.39 is 17.2 Å². The van der Waals surface area contributed by atoms with Crippen molar-refractivity contribution in [3.63, 3.8) is 0 Å². The molecule has 0 radical (unpaired) electrons. The standard InChI is InChI=1S/C18H23FN5O2PS/c1-11(26-2)12-3-4-21-16(17-22-5-6-28-17)23-13(12)9-24-10-18(19,27)7-14(24)15(25)8-20/h5-6,12-14H,1,3-4,7,9-10,27H2,2H3,(H,21,23). The van der Waals surface area contributed by atoms with Gasteiger partial charge in [0.2, 0.25) is 5.78 Å². The maximum atomic E-state index is 14.6. The number of amidine groups is 1. The van der Waals surface area contributed by atoms with E-state index in [2.05, 4.69) is 31.1 Å². The Morgan fingerprint density at radius 1 is 1.68 bits per heavy atom. The van der Waals surface area contributed by atoms with E-state index in [-0.39, 0.29) is 24.9 Å². The lowest BCUT2D eigenvalue weighted by Crippen LogP contribution is -2.50. The number of hydrogen-bond donors (Lipinski definition) is 1. The van der Waals surface area contributed by atoms with Crippen molar-refractivity contribution >= 4 is 32.2 Å². The van der Waals surface area contributed by atoms with E-state index in [0.717, 1.165) is 5.01 Å². The zero-order valence-electron chi connectivity index (χ0n) is 15.6. The Kier molecular flexibility index (Phi) is 6.43. The molecular weight excluding hydrogens is 400 g/mol. The first-order valence-electron chi connectivity index (χ1n) is 8.94. The first-order valence-corrected chi connectivity index (χ1v) is 10.4. The summed E-state index contributed by atoms with van der Waals surface area (Å²) in [5.74, 6) is 0.577. The van der Waals surface area contributed by atoms with Crippen molar-refractivity contribution in [1.82, 2.24) is 15.2 Å². The minimum atomic E-state index is -1.60. The first-order chi connectivity index (χ1) is 13.3. The van der Waals surface area contributed by atoms with Crippen LogP contribution in [0.2, 0.25) is 0 Å². The average molecular weight is 423 g/mol. The molecule has 0 amide bonds. The van der Waals surface area contributed by atoms with Gasteiger partial charge in [0, 0.05) is 43.5 Å². The molecule has 1 saturated heterocycles. The molecule has 0 bridgehead atoms. The van der Waals surface area contributed by atoms with Gasteiger partial charge in [0.25, 0.3) is 0 Å². The molecule has 1 fully saturated rings. The van der Waals surface area contributed by atoms with Crippen molar-refractivity contribution < 1.29 is 13.9 Å². The summed E-state index contributed by atoms with van der Waals surface area (Å²) in [6.07, 6.45) is 2.40. The molecule has 1 aromatic rings. The summed E-state index contributed by atoms with van der Waals surface area (Å²) in [5, 5.41) is 13.5. The number of thiazole rings is 1. The topological polar surface area (TPSA) is 90.6 Å². The number of nitrogens with one attached hydrogen (secondary N) is 1. The minimum absolute atomic E-state index is 0.0138. The Bertz CT molecular complexity index is 807. The Labute approximate surface area is 169 Å². The van der Waals surface area contributed by atoms with Crippen molar-refractivity contribution in [3.05, 3.63) is 28.9 Å². The van der Waals surface area contributed by atoms with Gasteiger partial charge in [-0.05, 0) is 6.42 Å². The fourth-order valence-corrected chi connectivity index (χ4v) is 4.82. The smallest absolute Gasteiger partial charge is 0.249 e. The number of alkyl halides is 1. The third kappa shape index (κ3) is 4.57. The number of likely N-dealkylation sites (tertiary alicyclic amines) is 1. The molecule has 5 atom stereocenters. The number of nitriles is 1. The predicted octanol–water partition coefficient (Wildman–Crippen LogP) is 1.74. The highest BCUT2D eigenvalue weighted by atomic mass is 32.1. The van der Waals surface area contributed by atoms with Crippen LogP contribution in [0.25, 0.3) is 0 Å². The quantitative estimate of drug-likeness (QED) is 0.426. The van der Waals surface area contributed by atoms with Gasteiger partial charge in [-0.2, -0.15) is 5.26 Å². The van der Waals surface area contributed by atoms with E-state index in [1.54, 1.807) is 24.3 Å². The molecule has 1 N–H and O–H groups in total. The number of ether oxygens (including phenoxy) is 1. The van der Waals surface area contributed by atoms with Crippen molar-refractivity contribution in [3.8, 4) is 6.07 Å². The van der Waals surface area contributed by atoms with Crippen molar-refractivity contribution in [2.75, 3.05) is 26.7 Å². The Morgan fingerprint density at radius 3 is 3.11 bits per heavy atom. The summed E-state index contributed by atoms with van der Waals surface area (Å²) >= 11 is 1.48. The lowest BCUT2D eigenvalue weighted by atomic mass is 9.93. The van der Waals surface area contributed by atoms with E-state index in [1.807, 2.05) is 5.38 Å². The van der Waals surface area contributed by atoms with Gasteiger partial charge in [-0.3, -0.25) is 14.7 Å². The number of carbonyl (C=O) groups excluding carboxylic acids is 1. The molecule has 2 aliphatic heterocycles. The first kappa shape index (κ1) is 20.8. The fraction of sp³-hybridized carbons (Fsp3) is 0.556. The van der Waals surface area contributed by atoms with Crippen LogP contribution in [-0.2, 0) is 9.53 Å². The number of ketones is 1. The van der Waals surface area contributed by atoms with E-state index >= 15 is 0 Å². The Hall–Kier alpha value is -1.88. The number of aliphatic imine (C=N–C) groups is 1. The summed E-state index contributed by atoms with van der Waals surface area (Å²) in [6.45, 7) is 5.00. The predicted molar refractivity (Wildman–Crippen MR) is 109 cm³/mol. The Morgan fingerprint density at radius 2 is 2.46 bits per heavy atom. The summed E-state index contributed by atoms with van der Waals surface area (Å²) in [4.78, 5) is 22.7. The molecule has 0 spiro atoms. The number of aromatic nitrogens is 1. The molecular formula is C18H23FN5O2PS. The van der Waals surface area contributed by atoms with Gasteiger partial charge in [0.05, 0.1) is 25.0 Å². The monoisotopic (exact) mass is 423 g/mol. The SMILES string of the molecule is C=C(OC)C1CCN=C(c2nccs2)NC1CN1CC(F)(P)CC1C(=O)C#N. The third-order valence-corrected chi connectivity index (χ3v) is 6.31. The number of halogens is 1. The summed E-state index contributed by atoms with van der Waals surface area (Å²) in [7, 11) is 3.74. The molecule has 0 aromatic carbocycles. The van der Waals surface area contributed by atoms with Gasteiger partial charge in [-0.1, -0.05) is 15.8 Å². The van der Waals surface area contributed by atoms with Crippen LogP contribution in [0.15, 0.2) is 28.9 Å². The molecule has 28 heavy (non-hydrogen) atoms. The molecule has 2 aliphatic rings. The summed E-state index contributed by atoms with van der Waals surface area (Å²) < 4.78 is 20.0. The average Bonchev–Trinajstić information content (AvgIpc) is 3.24. The normalized spacial score (nSPS) is 30.6. The number of carbonyl (C=O) groups is 1. The Balaban J connectivity index is 1.85. The zero-order valence-corrected chi connectivity index (χ0v) is 17.6. The van der Waals surface area contributed by atoms with Crippen LogP contribution < -0.4 is 5.32 Å². The molecule has 5 unspecified atom stereocenters. The molecule has 150 valence electrons. The molecule has 3 rings (SSSR count). The number of nitrogens with zero attached hydrogens (tertiary/aromatic N) is 4. The summed E-state index contributed by atoms with van der Waals surface area (Å²) in [5.41, 5.74) is 0. The second-order valence-electron chi connectivity index (χ2n) is 7.04. The summed E-state index contributed by atoms with van der Waals surface area (Å²) in [6, 6.07) is 0.663. The minimum Gasteiger partial charge on any atom is -0.501 e. The lowest BCUT2D eigenvalue weighted by Gasteiger charge is -2.32. The largest absolute Gasteiger partial charge is 0.501 e. The maximum absolute atomic E-state index is 14.6. The van der Waals surface area contributed by atoms with Gasteiger partial charge in [-0.15, -0.1) is 11.3 Å².